The first-order chi connectivity index (χ1) is 9.28. The fourth-order valence-electron chi connectivity index (χ4n) is 2.10. The largest absolute Gasteiger partial charge is 0.377 e. The molecule has 0 spiro atoms. The van der Waals surface area contributed by atoms with Crippen molar-refractivity contribution in [2.75, 3.05) is 24.0 Å². The van der Waals surface area contributed by atoms with Gasteiger partial charge in [-0.25, -0.2) is 15.8 Å². The maximum absolute atomic E-state index is 5.48. The normalized spacial score (nSPS) is 14.5. The molecule has 1 aromatic heterocycles. The van der Waals surface area contributed by atoms with Gasteiger partial charge in [-0.15, -0.1) is 0 Å². The van der Waals surface area contributed by atoms with Crippen LogP contribution in [0.1, 0.15) is 38.4 Å². The lowest BCUT2D eigenvalue weighted by molar-refractivity contribution is 0.178. The van der Waals surface area contributed by atoms with E-state index in [0.717, 1.165) is 12.4 Å². The number of ether oxygens (including phenoxy) is 1. The number of nitrogens with two attached hydrogens (primary N) is 1. The van der Waals surface area contributed by atoms with Crippen molar-refractivity contribution in [3.8, 4) is 0 Å². The molecule has 0 saturated heterocycles. The first kappa shape index (κ1) is 14.0. The first-order valence-electron chi connectivity index (χ1n) is 6.88. The molecule has 0 aliphatic heterocycles. The topological polar surface area (TPSA) is 76.3 Å². The Bertz CT molecular complexity index is 408. The fraction of sp³-hybridized carbons (Fsp3) is 0.692. The standard InChI is InChI=1S/C13H23N5O/c1-3-4-7-18(10-5-6-10)13-8-11(17-14)15-12(16-13)9-19-2/h8,10H,3-7,9,14H2,1-2H3,(H,15,16,17). The number of rotatable bonds is 8. The lowest BCUT2D eigenvalue weighted by Crippen LogP contribution is -2.28. The van der Waals surface area contributed by atoms with Gasteiger partial charge in [-0.1, -0.05) is 13.3 Å². The molecule has 19 heavy (non-hydrogen) atoms. The van der Waals surface area contributed by atoms with Gasteiger partial charge in [-0.05, 0) is 19.3 Å². The molecule has 1 aliphatic rings. The maximum Gasteiger partial charge on any atom is 0.158 e. The molecule has 0 bridgehead atoms. The smallest absolute Gasteiger partial charge is 0.158 e. The van der Waals surface area contributed by atoms with Gasteiger partial charge in [0, 0.05) is 25.8 Å². The average Bonchev–Trinajstić information content (AvgIpc) is 3.24. The zero-order valence-electron chi connectivity index (χ0n) is 11.7. The highest BCUT2D eigenvalue weighted by Crippen LogP contribution is 2.31. The summed E-state index contributed by atoms with van der Waals surface area (Å²) in [6.07, 6.45) is 4.85. The molecule has 0 amide bonds. The third-order valence-electron chi connectivity index (χ3n) is 3.21. The molecule has 106 valence electrons. The second kappa shape index (κ2) is 6.68. The van der Waals surface area contributed by atoms with E-state index in [1.807, 2.05) is 6.07 Å². The lowest BCUT2D eigenvalue weighted by Gasteiger charge is -2.24. The van der Waals surface area contributed by atoms with Crippen molar-refractivity contribution in [3.63, 3.8) is 0 Å². The van der Waals surface area contributed by atoms with Crippen LogP contribution in [0, 0.1) is 0 Å². The minimum atomic E-state index is 0.398. The minimum absolute atomic E-state index is 0.398. The average molecular weight is 265 g/mol. The highest BCUT2D eigenvalue weighted by Gasteiger charge is 2.30. The molecule has 1 heterocycles. The molecule has 0 unspecified atom stereocenters. The Morgan fingerprint density at radius 2 is 2.26 bits per heavy atom. The van der Waals surface area contributed by atoms with Gasteiger partial charge in [0.25, 0.3) is 0 Å². The van der Waals surface area contributed by atoms with E-state index in [2.05, 4.69) is 27.2 Å². The maximum atomic E-state index is 5.48. The zero-order valence-corrected chi connectivity index (χ0v) is 11.7. The van der Waals surface area contributed by atoms with Crippen LogP contribution in [-0.4, -0.2) is 29.7 Å². The van der Waals surface area contributed by atoms with Crippen LogP contribution < -0.4 is 16.2 Å². The van der Waals surface area contributed by atoms with Gasteiger partial charge in [0.1, 0.15) is 18.2 Å². The fourth-order valence-corrected chi connectivity index (χ4v) is 2.10. The molecule has 6 heteroatoms. The van der Waals surface area contributed by atoms with Crippen molar-refractivity contribution >= 4 is 11.6 Å². The van der Waals surface area contributed by atoms with Gasteiger partial charge < -0.3 is 15.1 Å². The van der Waals surface area contributed by atoms with Crippen LogP contribution in [0.2, 0.25) is 0 Å². The minimum Gasteiger partial charge on any atom is -0.377 e. The number of hydrogen-bond donors (Lipinski definition) is 2. The number of hydrazine groups is 1. The Morgan fingerprint density at radius 1 is 1.47 bits per heavy atom. The van der Waals surface area contributed by atoms with E-state index in [1.54, 1.807) is 7.11 Å². The summed E-state index contributed by atoms with van der Waals surface area (Å²) in [5, 5.41) is 0. The van der Waals surface area contributed by atoms with Crippen molar-refractivity contribution in [1.29, 1.82) is 0 Å². The van der Waals surface area contributed by atoms with Gasteiger partial charge >= 0.3 is 0 Å². The van der Waals surface area contributed by atoms with E-state index in [4.69, 9.17) is 10.6 Å². The van der Waals surface area contributed by atoms with Crippen molar-refractivity contribution in [1.82, 2.24) is 9.97 Å². The first-order valence-corrected chi connectivity index (χ1v) is 6.88. The van der Waals surface area contributed by atoms with Gasteiger partial charge in [-0.3, -0.25) is 0 Å². The van der Waals surface area contributed by atoms with E-state index in [0.29, 0.717) is 24.3 Å². The Labute approximate surface area is 114 Å². The molecule has 6 nitrogen and oxygen atoms in total. The summed E-state index contributed by atoms with van der Waals surface area (Å²) in [6, 6.07) is 2.54. The number of methoxy groups -OCH3 is 1. The van der Waals surface area contributed by atoms with Crippen LogP contribution in [0.25, 0.3) is 0 Å². The summed E-state index contributed by atoms with van der Waals surface area (Å²) < 4.78 is 5.11. The Kier molecular flexibility index (Phi) is 4.93. The van der Waals surface area contributed by atoms with Gasteiger partial charge in [0.2, 0.25) is 0 Å². The molecule has 0 atom stereocenters. The summed E-state index contributed by atoms with van der Waals surface area (Å²) in [6.45, 7) is 3.64. The monoisotopic (exact) mass is 265 g/mol. The number of aromatic nitrogens is 2. The van der Waals surface area contributed by atoms with Gasteiger partial charge in [-0.2, -0.15) is 0 Å². The summed E-state index contributed by atoms with van der Waals surface area (Å²) in [4.78, 5) is 11.2. The zero-order chi connectivity index (χ0) is 13.7. The summed E-state index contributed by atoms with van der Waals surface area (Å²) >= 11 is 0. The lowest BCUT2D eigenvalue weighted by atomic mass is 10.3. The van der Waals surface area contributed by atoms with Crippen molar-refractivity contribution < 1.29 is 4.74 Å². The van der Waals surface area contributed by atoms with Crippen LogP contribution >= 0.6 is 0 Å². The number of nitrogens with one attached hydrogen (secondary N) is 1. The van der Waals surface area contributed by atoms with Crippen LogP contribution in [-0.2, 0) is 11.3 Å². The third kappa shape index (κ3) is 3.78. The number of nitrogens with zero attached hydrogens (tertiary/aromatic N) is 3. The van der Waals surface area contributed by atoms with Crippen LogP contribution in [0.3, 0.4) is 0 Å². The SMILES string of the molecule is CCCCN(c1cc(NN)nc(COC)n1)C1CC1. The Morgan fingerprint density at radius 3 is 2.84 bits per heavy atom. The van der Waals surface area contributed by atoms with E-state index < -0.39 is 0 Å². The highest BCUT2D eigenvalue weighted by atomic mass is 16.5. The van der Waals surface area contributed by atoms with Crippen LogP contribution in [0.4, 0.5) is 11.6 Å². The number of hydrogen-bond acceptors (Lipinski definition) is 6. The predicted octanol–water partition coefficient (Wildman–Crippen LogP) is 1.68. The quantitative estimate of drug-likeness (QED) is 0.550. The van der Waals surface area contributed by atoms with E-state index in [1.165, 1.54) is 25.7 Å². The van der Waals surface area contributed by atoms with E-state index in [9.17, 15) is 0 Å². The van der Waals surface area contributed by atoms with E-state index in [-0.39, 0.29) is 0 Å². The molecular weight excluding hydrogens is 242 g/mol. The summed E-state index contributed by atoms with van der Waals surface area (Å²) in [5.41, 5.74) is 2.60. The number of nitrogen functional groups attached to an aromatic ring is 1. The van der Waals surface area contributed by atoms with E-state index >= 15 is 0 Å². The molecule has 1 saturated carbocycles. The van der Waals surface area contributed by atoms with Crippen LogP contribution in [0.5, 0.6) is 0 Å². The number of unbranched alkanes of at least 4 members (excludes halogenated alkanes) is 1. The van der Waals surface area contributed by atoms with Crippen molar-refractivity contribution in [2.45, 2.75) is 45.3 Å². The second-order valence-corrected chi connectivity index (χ2v) is 4.88. The molecule has 1 aliphatic carbocycles. The second-order valence-electron chi connectivity index (χ2n) is 4.88. The van der Waals surface area contributed by atoms with Gasteiger partial charge in [0.15, 0.2) is 5.82 Å². The molecule has 1 fully saturated rings. The predicted molar refractivity (Wildman–Crippen MR) is 75.8 cm³/mol. The molecule has 0 radical (unpaired) electrons. The summed E-state index contributed by atoms with van der Waals surface area (Å²) in [7, 11) is 1.64. The molecule has 0 aromatic carbocycles. The third-order valence-corrected chi connectivity index (χ3v) is 3.21. The molecule has 3 N–H and O–H groups in total. The summed E-state index contributed by atoms with van der Waals surface area (Å²) in [5.74, 6) is 7.73. The van der Waals surface area contributed by atoms with Crippen molar-refractivity contribution in [3.05, 3.63) is 11.9 Å². The van der Waals surface area contributed by atoms with Gasteiger partial charge in [0.05, 0.1) is 0 Å². The Balaban J connectivity index is 2.21. The highest BCUT2D eigenvalue weighted by molar-refractivity contribution is 5.50. The van der Waals surface area contributed by atoms with Crippen molar-refractivity contribution in [2.24, 2.45) is 5.84 Å². The molecular formula is C13H23N5O. The number of anilines is 2. The molecule has 1 aromatic rings. The Hall–Kier alpha value is -1.40. The molecule has 2 rings (SSSR count). The van der Waals surface area contributed by atoms with Crippen LogP contribution in [0.15, 0.2) is 6.07 Å².